The van der Waals surface area contributed by atoms with Crippen LogP contribution in [0.15, 0.2) is 12.5 Å². The molecule has 0 bridgehead atoms. The van der Waals surface area contributed by atoms with Crippen molar-refractivity contribution in [3.05, 3.63) is 18.1 Å². The van der Waals surface area contributed by atoms with E-state index in [0.717, 1.165) is 6.33 Å². The molecule has 1 aromatic heterocycles. The first-order valence-corrected chi connectivity index (χ1v) is 3.81. The third kappa shape index (κ3) is 1.02. The molecule has 0 aliphatic carbocycles. The van der Waals surface area contributed by atoms with E-state index in [-0.39, 0.29) is 16.5 Å². The Balaban J connectivity index is 2.53. The molecular weight excluding hydrogens is 194 g/mol. The molecule has 0 saturated carbocycles. The number of carbonyl (C=O) groups excluding carboxylic acids is 1. The molecule has 14 heavy (non-hydrogen) atoms. The lowest BCUT2D eigenvalue weighted by Gasteiger charge is -2.10. The quantitative estimate of drug-likeness (QED) is 0.513. The predicted octanol–water partition coefficient (Wildman–Crippen LogP) is 0.0456. The van der Waals surface area contributed by atoms with E-state index in [2.05, 4.69) is 9.97 Å². The summed E-state index contributed by atoms with van der Waals surface area (Å²) >= 11 is 0. The van der Waals surface area contributed by atoms with Crippen molar-refractivity contribution < 1.29 is 13.7 Å². The van der Waals surface area contributed by atoms with Gasteiger partial charge in [0, 0.05) is 11.8 Å². The zero-order valence-electron chi connectivity index (χ0n) is 6.89. The van der Waals surface area contributed by atoms with Gasteiger partial charge in [0.05, 0.1) is 0 Å². The van der Waals surface area contributed by atoms with Crippen molar-refractivity contribution >= 4 is 11.7 Å². The Morgan fingerprint density at radius 2 is 2.36 bits per heavy atom. The molecule has 74 valence electrons. The minimum Gasteiger partial charge on any atom is -0.369 e. The Hall–Kier alpha value is -1.79. The summed E-state index contributed by atoms with van der Waals surface area (Å²) in [5, 5.41) is -0.216. The standard InChI is InChI=1S/C7H6F2N4O/c8-5-4(6(10)14)3-1-11-2-12-7(3)13(5)9/h1-2,4-5H,(H2,10,14). The van der Waals surface area contributed by atoms with Gasteiger partial charge in [-0.25, -0.2) is 14.4 Å². The fourth-order valence-electron chi connectivity index (χ4n) is 1.42. The highest BCUT2D eigenvalue weighted by Gasteiger charge is 2.44. The zero-order valence-corrected chi connectivity index (χ0v) is 6.89. The molecule has 1 aliphatic heterocycles. The largest absolute Gasteiger partial charge is 0.369 e. The van der Waals surface area contributed by atoms with Gasteiger partial charge in [-0.3, -0.25) is 4.79 Å². The molecule has 1 aromatic rings. The fourth-order valence-corrected chi connectivity index (χ4v) is 1.42. The summed E-state index contributed by atoms with van der Waals surface area (Å²) < 4.78 is 26.3. The van der Waals surface area contributed by atoms with Crippen molar-refractivity contribution in [3.8, 4) is 0 Å². The van der Waals surface area contributed by atoms with E-state index in [4.69, 9.17) is 5.73 Å². The van der Waals surface area contributed by atoms with Gasteiger partial charge in [-0.1, -0.05) is 4.48 Å². The van der Waals surface area contributed by atoms with Crippen LogP contribution in [-0.4, -0.2) is 22.2 Å². The summed E-state index contributed by atoms with van der Waals surface area (Å²) in [6.45, 7) is 0. The molecule has 0 aromatic carbocycles. The number of halogens is 2. The van der Waals surface area contributed by atoms with Crippen LogP contribution in [0, 0.1) is 0 Å². The van der Waals surface area contributed by atoms with Crippen molar-refractivity contribution in [1.29, 1.82) is 0 Å². The minimum atomic E-state index is -2.11. The van der Waals surface area contributed by atoms with Gasteiger partial charge in [0.2, 0.25) is 12.2 Å². The molecule has 2 heterocycles. The molecule has 2 N–H and O–H groups in total. The van der Waals surface area contributed by atoms with Crippen LogP contribution in [0.4, 0.5) is 14.7 Å². The molecule has 2 atom stereocenters. The lowest BCUT2D eigenvalue weighted by molar-refractivity contribution is -0.120. The number of amides is 1. The van der Waals surface area contributed by atoms with Gasteiger partial charge in [0.15, 0.2) is 5.82 Å². The Bertz CT molecular complexity index is 386. The maximum absolute atomic E-state index is 13.2. The SMILES string of the molecule is NC(=O)C1c2cncnc2N(F)C1F. The van der Waals surface area contributed by atoms with Crippen molar-refractivity contribution in [3.63, 3.8) is 0 Å². The zero-order chi connectivity index (χ0) is 10.3. The fraction of sp³-hybridized carbons (Fsp3) is 0.286. The normalized spacial score (nSPS) is 24.9. The monoisotopic (exact) mass is 200 g/mol. The molecule has 1 amide bonds. The number of alkyl halides is 1. The van der Waals surface area contributed by atoms with Gasteiger partial charge in [-0.15, -0.1) is 0 Å². The first-order chi connectivity index (χ1) is 6.63. The average molecular weight is 200 g/mol. The molecule has 5 nitrogen and oxygen atoms in total. The molecule has 0 radical (unpaired) electrons. The summed E-state index contributed by atoms with van der Waals surface area (Å²) in [4.78, 5) is 17.9. The van der Waals surface area contributed by atoms with Crippen LogP contribution in [0.3, 0.4) is 0 Å². The second-order valence-electron chi connectivity index (χ2n) is 2.87. The van der Waals surface area contributed by atoms with E-state index in [1.165, 1.54) is 6.20 Å². The number of rotatable bonds is 1. The number of anilines is 1. The van der Waals surface area contributed by atoms with Crippen molar-refractivity contribution in [2.24, 2.45) is 5.73 Å². The molecule has 0 fully saturated rings. The van der Waals surface area contributed by atoms with Crippen LogP contribution in [0.1, 0.15) is 11.5 Å². The molecule has 2 rings (SSSR count). The van der Waals surface area contributed by atoms with E-state index in [0.29, 0.717) is 0 Å². The number of nitrogens with zero attached hydrogens (tertiary/aromatic N) is 3. The van der Waals surface area contributed by atoms with Gasteiger partial charge < -0.3 is 5.73 Å². The maximum atomic E-state index is 13.2. The molecule has 7 heteroatoms. The van der Waals surface area contributed by atoms with E-state index < -0.39 is 18.1 Å². The predicted molar refractivity (Wildman–Crippen MR) is 42.5 cm³/mol. The number of hydrogen-bond acceptors (Lipinski definition) is 4. The highest BCUT2D eigenvalue weighted by molar-refractivity contribution is 5.86. The van der Waals surface area contributed by atoms with Gasteiger partial charge >= 0.3 is 0 Å². The molecular formula is C7H6F2N4O. The number of aromatic nitrogens is 2. The summed E-state index contributed by atoms with van der Waals surface area (Å²) in [6.07, 6.45) is 0.144. The van der Waals surface area contributed by atoms with Gasteiger partial charge in [-0.2, -0.15) is 5.12 Å². The van der Waals surface area contributed by atoms with Crippen molar-refractivity contribution in [1.82, 2.24) is 9.97 Å². The van der Waals surface area contributed by atoms with E-state index >= 15 is 0 Å². The van der Waals surface area contributed by atoms with Gasteiger partial charge in [0.1, 0.15) is 12.2 Å². The maximum Gasteiger partial charge on any atom is 0.230 e. The molecule has 2 unspecified atom stereocenters. The van der Waals surface area contributed by atoms with E-state index in [9.17, 15) is 13.7 Å². The smallest absolute Gasteiger partial charge is 0.230 e. The van der Waals surface area contributed by atoms with Crippen LogP contribution in [0.25, 0.3) is 0 Å². The van der Waals surface area contributed by atoms with Gasteiger partial charge in [0.25, 0.3) is 0 Å². The molecule has 0 spiro atoms. The Morgan fingerprint density at radius 3 is 3.00 bits per heavy atom. The first-order valence-electron chi connectivity index (χ1n) is 3.81. The van der Waals surface area contributed by atoms with Crippen molar-refractivity contribution in [2.45, 2.75) is 12.2 Å². The Morgan fingerprint density at radius 1 is 1.64 bits per heavy atom. The number of primary amides is 1. The average Bonchev–Trinajstić information content (AvgIpc) is 2.41. The van der Waals surface area contributed by atoms with Crippen LogP contribution in [0.2, 0.25) is 0 Å². The Labute approximate surface area is 77.5 Å². The molecule has 1 aliphatic rings. The lowest BCUT2D eigenvalue weighted by atomic mass is 10.0. The third-order valence-corrected chi connectivity index (χ3v) is 2.05. The van der Waals surface area contributed by atoms with E-state index in [1.807, 2.05) is 0 Å². The first kappa shape index (κ1) is 8.79. The summed E-state index contributed by atoms with van der Waals surface area (Å²) in [5.74, 6) is -2.51. The summed E-state index contributed by atoms with van der Waals surface area (Å²) in [6, 6.07) is 0. The van der Waals surface area contributed by atoms with Gasteiger partial charge in [-0.05, 0) is 0 Å². The number of hydrogen-bond donors (Lipinski definition) is 1. The van der Waals surface area contributed by atoms with Crippen LogP contribution in [0.5, 0.6) is 0 Å². The molecule has 0 saturated heterocycles. The highest BCUT2D eigenvalue weighted by atomic mass is 19.2. The topological polar surface area (TPSA) is 72.1 Å². The summed E-state index contributed by atoms with van der Waals surface area (Å²) in [5.41, 5.74) is 5.02. The summed E-state index contributed by atoms with van der Waals surface area (Å²) in [7, 11) is 0. The number of carbonyl (C=O) groups is 1. The van der Waals surface area contributed by atoms with Crippen LogP contribution >= 0.6 is 0 Å². The second kappa shape index (κ2) is 2.86. The third-order valence-electron chi connectivity index (χ3n) is 2.05. The van der Waals surface area contributed by atoms with Crippen LogP contribution < -0.4 is 10.9 Å². The highest BCUT2D eigenvalue weighted by Crippen LogP contribution is 2.39. The number of nitrogens with two attached hydrogens (primary N) is 1. The van der Waals surface area contributed by atoms with Crippen molar-refractivity contribution in [2.75, 3.05) is 5.12 Å². The minimum absolute atomic E-state index is 0.0787. The van der Waals surface area contributed by atoms with E-state index in [1.54, 1.807) is 0 Å². The number of fused-ring (bicyclic) bond motifs is 1. The second-order valence-corrected chi connectivity index (χ2v) is 2.87. The lowest BCUT2D eigenvalue weighted by Crippen LogP contribution is -2.31. The Kier molecular flexibility index (Phi) is 1.80. The van der Waals surface area contributed by atoms with Crippen LogP contribution in [-0.2, 0) is 4.79 Å².